The Labute approximate surface area is 198 Å². The Balaban J connectivity index is 1.38. The largest absolute Gasteiger partial charge is 0.368 e. The van der Waals surface area contributed by atoms with Gasteiger partial charge in [-0.3, -0.25) is 9.59 Å². The van der Waals surface area contributed by atoms with Crippen LogP contribution >= 0.6 is 0 Å². The highest BCUT2D eigenvalue weighted by atomic mass is 19.1. The highest BCUT2D eigenvalue weighted by molar-refractivity contribution is 5.87. The quantitative estimate of drug-likeness (QED) is 0.692. The molecule has 0 aromatic heterocycles. The first kappa shape index (κ1) is 23.0. The minimum Gasteiger partial charge on any atom is -0.368 e. The van der Waals surface area contributed by atoms with Gasteiger partial charge in [0.15, 0.2) is 5.67 Å². The van der Waals surface area contributed by atoms with Crippen LogP contribution in [-0.4, -0.2) is 53.7 Å². The van der Waals surface area contributed by atoms with Gasteiger partial charge in [0.2, 0.25) is 5.91 Å². The molecule has 2 saturated heterocycles. The summed E-state index contributed by atoms with van der Waals surface area (Å²) in [7, 11) is 0. The summed E-state index contributed by atoms with van der Waals surface area (Å²) >= 11 is 0. The zero-order valence-corrected chi connectivity index (χ0v) is 19.1. The Hall–Kier alpha value is -2.80. The number of hydrogen-bond acceptors (Lipinski definition) is 3. The SMILES string of the molecule is O=C(N[C@H]1CCN(C(=O)C2(F)CCC2)[C@H]1Cc1cccc(-c2cccc(F)c2)c1)[C@@H]1CCCO1. The molecular weight excluding hydrogens is 438 g/mol. The van der Waals surface area contributed by atoms with Gasteiger partial charge in [0.25, 0.3) is 5.91 Å². The molecular formula is C27H30F2N2O3. The number of benzene rings is 2. The maximum atomic E-state index is 15.1. The third-order valence-electron chi connectivity index (χ3n) is 7.42. The van der Waals surface area contributed by atoms with Crippen LogP contribution in [-0.2, 0) is 20.7 Å². The molecule has 180 valence electrons. The van der Waals surface area contributed by atoms with Gasteiger partial charge in [-0.25, -0.2) is 8.78 Å². The maximum absolute atomic E-state index is 15.1. The van der Waals surface area contributed by atoms with Gasteiger partial charge in [0.05, 0.1) is 12.1 Å². The molecule has 2 aromatic rings. The number of likely N-dealkylation sites (tertiary alicyclic amines) is 1. The Morgan fingerprint density at radius 3 is 2.50 bits per heavy atom. The van der Waals surface area contributed by atoms with E-state index in [0.717, 1.165) is 29.5 Å². The predicted octanol–water partition coefficient (Wildman–Crippen LogP) is 4.19. The normalized spacial score (nSPS) is 25.7. The second-order valence-corrected chi connectivity index (χ2v) is 9.71. The molecule has 1 N–H and O–H groups in total. The molecule has 3 aliphatic rings. The average molecular weight is 469 g/mol. The minimum atomic E-state index is -1.78. The zero-order valence-electron chi connectivity index (χ0n) is 19.1. The molecule has 1 saturated carbocycles. The lowest BCUT2D eigenvalue weighted by molar-refractivity contribution is -0.151. The number of nitrogens with zero attached hydrogens (tertiary/aromatic N) is 1. The molecule has 34 heavy (non-hydrogen) atoms. The topological polar surface area (TPSA) is 58.6 Å². The van der Waals surface area contributed by atoms with Crippen molar-refractivity contribution in [2.24, 2.45) is 0 Å². The molecule has 0 bridgehead atoms. The minimum absolute atomic E-state index is 0.158. The van der Waals surface area contributed by atoms with E-state index in [4.69, 9.17) is 4.74 Å². The maximum Gasteiger partial charge on any atom is 0.260 e. The van der Waals surface area contributed by atoms with E-state index in [1.807, 2.05) is 30.3 Å². The average Bonchev–Trinajstić information content (AvgIpc) is 3.48. The van der Waals surface area contributed by atoms with Gasteiger partial charge in [-0.2, -0.15) is 0 Å². The van der Waals surface area contributed by atoms with Crippen molar-refractivity contribution in [1.82, 2.24) is 10.2 Å². The molecule has 0 unspecified atom stereocenters. The summed E-state index contributed by atoms with van der Waals surface area (Å²) in [5, 5.41) is 3.09. The van der Waals surface area contributed by atoms with Crippen LogP contribution in [0.15, 0.2) is 48.5 Å². The fourth-order valence-electron chi connectivity index (χ4n) is 5.33. The first-order valence-electron chi connectivity index (χ1n) is 12.2. The summed E-state index contributed by atoms with van der Waals surface area (Å²) in [5.74, 6) is -0.922. The summed E-state index contributed by atoms with van der Waals surface area (Å²) in [6, 6.07) is 13.5. The van der Waals surface area contributed by atoms with E-state index in [1.54, 1.807) is 11.0 Å². The number of rotatable bonds is 6. The second kappa shape index (κ2) is 9.45. The van der Waals surface area contributed by atoms with Crippen LogP contribution in [0.2, 0.25) is 0 Å². The molecule has 1 aliphatic carbocycles. The zero-order chi connectivity index (χ0) is 23.7. The van der Waals surface area contributed by atoms with E-state index in [0.29, 0.717) is 32.4 Å². The number of hydrogen-bond donors (Lipinski definition) is 1. The number of amides is 2. The van der Waals surface area contributed by atoms with E-state index in [1.165, 1.54) is 12.1 Å². The summed E-state index contributed by atoms with van der Waals surface area (Å²) in [5.41, 5.74) is 0.800. The molecule has 2 aliphatic heterocycles. The van der Waals surface area contributed by atoms with Crippen molar-refractivity contribution >= 4 is 11.8 Å². The van der Waals surface area contributed by atoms with E-state index in [2.05, 4.69) is 5.32 Å². The van der Waals surface area contributed by atoms with Crippen LogP contribution in [0.3, 0.4) is 0 Å². The lowest BCUT2D eigenvalue weighted by atomic mass is 9.80. The van der Waals surface area contributed by atoms with Gasteiger partial charge in [0.1, 0.15) is 11.9 Å². The number of alkyl halides is 1. The monoisotopic (exact) mass is 468 g/mol. The first-order valence-corrected chi connectivity index (χ1v) is 12.2. The van der Waals surface area contributed by atoms with E-state index < -0.39 is 17.7 Å². The fourth-order valence-corrected chi connectivity index (χ4v) is 5.33. The first-order chi connectivity index (χ1) is 16.4. The summed E-state index contributed by atoms with van der Waals surface area (Å²) in [6.45, 7) is 0.989. The van der Waals surface area contributed by atoms with E-state index >= 15 is 4.39 Å². The van der Waals surface area contributed by atoms with E-state index in [-0.39, 0.29) is 36.6 Å². The number of nitrogens with one attached hydrogen (secondary N) is 1. The molecule has 5 nitrogen and oxygen atoms in total. The van der Waals surface area contributed by atoms with Crippen molar-refractivity contribution in [3.8, 4) is 11.1 Å². The van der Waals surface area contributed by atoms with Gasteiger partial charge in [-0.1, -0.05) is 36.4 Å². The molecule has 7 heteroatoms. The van der Waals surface area contributed by atoms with Crippen molar-refractivity contribution in [3.63, 3.8) is 0 Å². The van der Waals surface area contributed by atoms with Crippen molar-refractivity contribution in [2.75, 3.05) is 13.2 Å². The molecule has 2 heterocycles. The Morgan fingerprint density at radius 1 is 1.06 bits per heavy atom. The van der Waals surface area contributed by atoms with Crippen molar-refractivity contribution in [1.29, 1.82) is 0 Å². The van der Waals surface area contributed by atoms with Crippen LogP contribution in [0.25, 0.3) is 11.1 Å². The smallest absolute Gasteiger partial charge is 0.260 e. The summed E-state index contributed by atoms with van der Waals surface area (Å²) in [6.07, 6.45) is 3.38. The fraction of sp³-hybridized carbons (Fsp3) is 0.481. The van der Waals surface area contributed by atoms with Crippen molar-refractivity contribution < 1.29 is 23.1 Å². The lowest BCUT2D eigenvalue weighted by Gasteiger charge is -2.38. The van der Waals surface area contributed by atoms with Gasteiger partial charge in [0, 0.05) is 13.2 Å². The predicted molar refractivity (Wildman–Crippen MR) is 124 cm³/mol. The summed E-state index contributed by atoms with van der Waals surface area (Å²) in [4.78, 5) is 27.5. The van der Waals surface area contributed by atoms with Crippen LogP contribution in [0.5, 0.6) is 0 Å². The molecule has 0 radical (unpaired) electrons. The molecule has 5 rings (SSSR count). The molecule has 2 amide bonds. The Morgan fingerprint density at radius 2 is 1.82 bits per heavy atom. The van der Waals surface area contributed by atoms with Gasteiger partial charge in [-0.15, -0.1) is 0 Å². The lowest BCUT2D eigenvalue weighted by Crippen LogP contribution is -2.55. The highest BCUT2D eigenvalue weighted by Gasteiger charge is 2.51. The number of carbonyl (C=O) groups is 2. The summed E-state index contributed by atoms with van der Waals surface area (Å²) < 4.78 is 34.4. The van der Waals surface area contributed by atoms with Crippen LogP contribution < -0.4 is 5.32 Å². The van der Waals surface area contributed by atoms with Crippen LogP contribution in [0.1, 0.15) is 44.1 Å². The molecule has 2 aromatic carbocycles. The van der Waals surface area contributed by atoms with Crippen molar-refractivity contribution in [2.45, 2.75) is 68.8 Å². The van der Waals surface area contributed by atoms with Gasteiger partial charge >= 0.3 is 0 Å². The number of ether oxygens (including phenoxy) is 1. The number of halogens is 2. The molecule has 3 fully saturated rings. The number of carbonyl (C=O) groups excluding carboxylic acids is 2. The van der Waals surface area contributed by atoms with E-state index in [9.17, 15) is 14.0 Å². The second-order valence-electron chi connectivity index (χ2n) is 9.71. The van der Waals surface area contributed by atoms with Gasteiger partial charge in [-0.05, 0) is 73.8 Å². The molecule has 3 atom stereocenters. The van der Waals surface area contributed by atoms with Gasteiger partial charge < -0.3 is 15.0 Å². The highest BCUT2D eigenvalue weighted by Crippen LogP contribution is 2.39. The Kier molecular flexibility index (Phi) is 6.38. The van der Waals surface area contributed by atoms with Crippen LogP contribution in [0, 0.1) is 5.82 Å². The molecule has 0 spiro atoms. The third kappa shape index (κ3) is 4.58. The Bertz CT molecular complexity index is 1070. The van der Waals surface area contributed by atoms with Crippen LogP contribution in [0.4, 0.5) is 8.78 Å². The van der Waals surface area contributed by atoms with Crippen molar-refractivity contribution in [3.05, 3.63) is 59.9 Å². The third-order valence-corrected chi connectivity index (χ3v) is 7.42. The standard InChI is InChI=1S/C27H30F2N2O3/c28-21-8-2-7-20(17-21)19-6-1-5-18(15-19)16-23-22(30-25(32)24-9-3-14-34-24)10-13-31(23)26(33)27(29)11-4-12-27/h1-2,5-8,15,17,22-24H,3-4,9-14,16H2,(H,30,32)/t22-,23-,24-/m0/s1.